The van der Waals surface area contributed by atoms with Crippen LogP contribution in [0, 0.1) is 0 Å². The Morgan fingerprint density at radius 1 is 1.00 bits per heavy atom. The molecule has 0 fully saturated rings. The van der Waals surface area contributed by atoms with Gasteiger partial charge in [0, 0.05) is 34.2 Å². The minimum Gasteiger partial charge on any atom is -0.353 e. The summed E-state index contributed by atoms with van der Waals surface area (Å²) in [6, 6.07) is 0. The largest absolute Gasteiger partial charge is 0.353 e. The summed E-state index contributed by atoms with van der Waals surface area (Å²) in [5.41, 5.74) is 0. The SMILES string of the molecule is CC(=O)N(C)C.CCCC.CCOC(C)OCC. The Morgan fingerprint density at radius 2 is 1.28 bits per heavy atom. The van der Waals surface area contributed by atoms with Crippen LogP contribution in [0.2, 0.25) is 0 Å². The summed E-state index contributed by atoms with van der Waals surface area (Å²) in [6.07, 6.45) is 2.60. The Morgan fingerprint density at radius 3 is 1.39 bits per heavy atom. The lowest BCUT2D eigenvalue weighted by molar-refractivity contribution is -0.126. The van der Waals surface area contributed by atoms with Gasteiger partial charge in [-0.15, -0.1) is 0 Å². The normalized spacial score (nSPS) is 8.94. The number of hydrogen-bond acceptors (Lipinski definition) is 3. The van der Waals surface area contributed by atoms with E-state index >= 15 is 0 Å². The first kappa shape index (κ1) is 22.6. The molecule has 0 saturated carbocycles. The highest BCUT2D eigenvalue weighted by Crippen LogP contribution is 1.90. The van der Waals surface area contributed by atoms with Gasteiger partial charge in [0.25, 0.3) is 0 Å². The van der Waals surface area contributed by atoms with Crippen LogP contribution in [0.5, 0.6) is 0 Å². The van der Waals surface area contributed by atoms with E-state index in [-0.39, 0.29) is 12.2 Å². The van der Waals surface area contributed by atoms with E-state index < -0.39 is 0 Å². The van der Waals surface area contributed by atoms with Crippen molar-refractivity contribution in [3.8, 4) is 0 Å². The zero-order valence-electron chi connectivity index (χ0n) is 13.6. The predicted molar refractivity (Wildman–Crippen MR) is 77.7 cm³/mol. The first-order valence-electron chi connectivity index (χ1n) is 6.78. The van der Waals surface area contributed by atoms with Gasteiger partial charge < -0.3 is 14.4 Å². The second kappa shape index (κ2) is 18.7. The highest BCUT2D eigenvalue weighted by Gasteiger charge is 1.94. The molecule has 0 aliphatic rings. The van der Waals surface area contributed by atoms with Gasteiger partial charge in [-0.3, -0.25) is 4.79 Å². The van der Waals surface area contributed by atoms with Gasteiger partial charge in [-0.25, -0.2) is 0 Å². The Hall–Kier alpha value is -0.610. The number of carbonyl (C=O) groups excluding carboxylic acids is 1. The standard InChI is InChI=1S/C6H14O2.C4H9NO.C4H10/c1-4-7-6(3)8-5-2;1-4(6)5(2)3;1-3-4-2/h6H,4-5H2,1-3H3;1-3H3;3-4H2,1-2H3. The third kappa shape index (κ3) is 29.5. The zero-order valence-corrected chi connectivity index (χ0v) is 13.6. The fraction of sp³-hybridized carbons (Fsp3) is 0.929. The molecule has 0 saturated heterocycles. The Balaban J connectivity index is -0.000000200. The topological polar surface area (TPSA) is 38.8 Å². The second-order valence-corrected chi connectivity index (χ2v) is 3.89. The van der Waals surface area contributed by atoms with Crippen molar-refractivity contribution in [2.45, 2.75) is 60.7 Å². The molecule has 1 amide bonds. The number of hydrogen-bond donors (Lipinski definition) is 0. The maximum atomic E-state index is 10.1. The summed E-state index contributed by atoms with van der Waals surface area (Å²) in [4.78, 5) is 11.6. The summed E-state index contributed by atoms with van der Waals surface area (Å²) < 4.78 is 10.1. The van der Waals surface area contributed by atoms with Gasteiger partial charge in [0.1, 0.15) is 0 Å². The van der Waals surface area contributed by atoms with E-state index in [1.54, 1.807) is 14.1 Å². The van der Waals surface area contributed by atoms with Crippen LogP contribution < -0.4 is 0 Å². The smallest absolute Gasteiger partial charge is 0.218 e. The van der Waals surface area contributed by atoms with Crippen LogP contribution in [-0.4, -0.2) is 44.4 Å². The molecule has 0 N–H and O–H groups in total. The van der Waals surface area contributed by atoms with Gasteiger partial charge in [0.15, 0.2) is 6.29 Å². The third-order valence-corrected chi connectivity index (χ3v) is 1.93. The van der Waals surface area contributed by atoms with Crippen molar-refractivity contribution in [3.63, 3.8) is 0 Å². The van der Waals surface area contributed by atoms with Crippen molar-refractivity contribution in [2.75, 3.05) is 27.3 Å². The molecule has 0 atom stereocenters. The molecule has 0 rings (SSSR count). The van der Waals surface area contributed by atoms with E-state index in [1.807, 2.05) is 20.8 Å². The third-order valence-electron chi connectivity index (χ3n) is 1.93. The zero-order chi connectivity index (χ0) is 15.0. The molecule has 4 heteroatoms. The second-order valence-electron chi connectivity index (χ2n) is 3.89. The van der Waals surface area contributed by atoms with Crippen LogP contribution in [0.3, 0.4) is 0 Å². The van der Waals surface area contributed by atoms with Crippen molar-refractivity contribution in [2.24, 2.45) is 0 Å². The summed E-state index contributed by atoms with van der Waals surface area (Å²) >= 11 is 0. The average Bonchev–Trinajstić information content (AvgIpc) is 2.30. The van der Waals surface area contributed by atoms with E-state index in [0.29, 0.717) is 0 Å². The van der Waals surface area contributed by atoms with Gasteiger partial charge in [-0.2, -0.15) is 0 Å². The van der Waals surface area contributed by atoms with Gasteiger partial charge in [-0.05, 0) is 20.8 Å². The summed E-state index contributed by atoms with van der Waals surface area (Å²) in [6.45, 7) is 13.1. The summed E-state index contributed by atoms with van der Waals surface area (Å²) in [5.74, 6) is 0.0926. The van der Waals surface area contributed by atoms with Gasteiger partial charge >= 0.3 is 0 Å². The molecule has 0 heterocycles. The van der Waals surface area contributed by atoms with Crippen molar-refractivity contribution in [1.29, 1.82) is 0 Å². The molecule has 18 heavy (non-hydrogen) atoms. The monoisotopic (exact) mass is 263 g/mol. The van der Waals surface area contributed by atoms with Gasteiger partial charge in [0.05, 0.1) is 0 Å². The number of amides is 1. The molecule has 0 aliphatic heterocycles. The maximum absolute atomic E-state index is 10.1. The van der Waals surface area contributed by atoms with E-state index in [0.717, 1.165) is 13.2 Å². The Bertz CT molecular complexity index is 153. The number of carbonyl (C=O) groups is 1. The molecule has 4 nitrogen and oxygen atoms in total. The minimum atomic E-state index is -0.0370. The molecule has 0 aromatic heterocycles. The van der Waals surface area contributed by atoms with Crippen LogP contribution in [-0.2, 0) is 14.3 Å². The van der Waals surface area contributed by atoms with Crippen LogP contribution in [0.1, 0.15) is 54.4 Å². The molecule has 0 radical (unpaired) electrons. The molecule has 0 spiro atoms. The molecule has 0 aromatic rings. The minimum absolute atomic E-state index is 0.0370. The number of ether oxygens (including phenoxy) is 2. The van der Waals surface area contributed by atoms with Gasteiger partial charge in [0.2, 0.25) is 5.91 Å². The highest BCUT2D eigenvalue weighted by atomic mass is 16.7. The first-order valence-corrected chi connectivity index (χ1v) is 6.78. The van der Waals surface area contributed by atoms with E-state index in [2.05, 4.69) is 13.8 Å². The molecule has 112 valence electrons. The van der Waals surface area contributed by atoms with Crippen molar-refractivity contribution < 1.29 is 14.3 Å². The number of unbranched alkanes of at least 4 members (excludes halogenated alkanes) is 1. The van der Waals surface area contributed by atoms with Crippen molar-refractivity contribution in [1.82, 2.24) is 4.90 Å². The van der Waals surface area contributed by atoms with Crippen LogP contribution in [0.25, 0.3) is 0 Å². The van der Waals surface area contributed by atoms with Gasteiger partial charge in [-0.1, -0.05) is 26.7 Å². The van der Waals surface area contributed by atoms with Crippen molar-refractivity contribution >= 4 is 5.91 Å². The highest BCUT2D eigenvalue weighted by molar-refractivity contribution is 5.72. The lowest BCUT2D eigenvalue weighted by Crippen LogP contribution is -2.17. The number of nitrogens with zero attached hydrogens (tertiary/aromatic N) is 1. The molecule has 0 bridgehead atoms. The van der Waals surface area contributed by atoms with Crippen LogP contribution >= 0.6 is 0 Å². The maximum Gasteiger partial charge on any atom is 0.218 e. The first-order chi connectivity index (χ1) is 8.37. The van der Waals surface area contributed by atoms with Crippen molar-refractivity contribution in [3.05, 3.63) is 0 Å². The van der Waals surface area contributed by atoms with E-state index in [1.165, 1.54) is 24.7 Å². The Kier molecular flexibility index (Phi) is 23.5. The van der Waals surface area contributed by atoms with E-state index in [4.69, 9.17) is 9.47 Å². The lowest BCUT2D eigenvalue weighted by Gasteiger charge is -2.09. The fourth-order valence-electron chi connectivity index (χ4n) is 0.518. The van der Waals surface area contributed by atoms with E-state index in [9.17, 15) is 4.79 Å². The molecule has 0 aliphatic carbocycles. The quantitative estimate of drug-likeness (QED) is 0.714. The lowest BCUT2D eigenvalue weighted by atomic mass is 10.4. The molecular weight excluding hydrogens is 230 g/mol. The van der Waals surface area contributed by atoms with Crippen LogP contribution in [0.15, 0.2) is 0 Å². The molecular formula is C14H33NO3. The molecule has 0 unspecified atom stereocenters. The Labute approximate surface area is 114 Å². The fourth-order valence-corrected chi connectivity index (χ4v) is 0.518. The number of rotatable bonds is 5. The summed E-state index contributed by atoms with van der Waals surface area (Å²) in [7, 11) is 3.45. The molecule has 0 aromatic carbocycles. The van der Waals surface area contributed by atoms with Crippen LogP contribution in [0.4, 0.5) is 0 Å². The summed E-state index contributed by atoms with van der Waals surface area (Å²) in [5, 5.41) is 0. The average molecular weight is 263 g/mol. The predicted octanol–water partition coefficient (Wildman–Crippen LogP) is 3.31.